The van der Waals surface area contributed by atoms with Crippen LogP contribution < -0.4 is 0 Å². The minimum Gasteiger partial charge on any atom is -0.243 e. The third kappa shape index (κ3) is 2.12. The van der Waals surface area contributed by atoms with Crippen molar-refractivity contribution in [2.24, 2.45) is 0 Å². The molecule has 50 valence electrons. The summed E-state index contributed by atoms with van der Waals surface area (Å²) in [6.07, 6.45) is 0. The predicted octanol–water partition coefficient (Wildman–Crippen LogP) is 0.680. The first-order valence-electron chi connectivity index (χ1n) is 1.28. The Labute approximate surface area is 49.3 Å². The molecule has 0 aliphatic carbocycles. The number of hydrogen-bond donors (Lipinski definition) is 3. The van der Waals surface area contributed by atoms with Gasteiger partial charge in [0.1, 0.15) is 0 Å². The molecule has 0 fully saturated rings. The van der Waals surface area contributed by atoms with Crippen molar-refractivity contribution in [2.45, 2.75) is 0 Å². The first-order chi connectivity index (χ1) is 3.68. The van der Waals surface area contributed by atoms with Crippen LogP contribution in [0.15, 0.2) is 0 Å². The van der Waals surface area contributed by atoms with Gasteiger partial charge in [-0.25, -0.2) is 15.8 Å². The Morgan fingerprint density at radius 2 is 1.25 bits per heavy atom. The van der Waals surface area contributed by atoms with Gasteiger partial charge >= 0.3 is 6.72 Å². The molecule has 0 aliphatic heterocycles. The molecule has 0 radical (unpaired) electrons. The SMILES string of the molecule is OOP(=S)(OO)OO. The molecule has 0 aliphatic rings. The summed E-state index contributed by atoms with van der Waals surface area (Å²) in [5.41, 5.74) is 0. The number of hydrogen-bond acceptors (Lipinski definition) is 7. The lowest BCUT2D eigenvalue weighted by molar-refractivity contribution is -0.259. The van der Waals surface area contributed by atoms with Crippen molar-refractivity contribution in [3.05, 3.63) is 0 Å². The first kappa shape index (κ1) is 8.41. The van der Waals surface area contributed by atoms with Gasteiger partial charge in [-0.3, -0.25) is 0 Å². The molecule has 0 bridgehead atoms. The molecule has 0 spiro atoms. The number of rotatable bonds is 3. The Bertz CT molecular complexity index is 79.7. The summed E-state index contributed by atoms with van der Waals surface area (Å²) in [6.45, 7) is -3.66. The van der Waals surface area contributed by atoms with Crippen LogP contribution >= 0.6 is 6.72 Å². The highest BCUT2D eigenvalue weighted by atomic mass is 32.5. The van der Waals surface area contributed by atoms with Gasteiger partial charge in [-0.1, -0.05) is 0 Å². The first-order valence-corrected chi connectivity index (χ1v) is 3.83. The molecule has 0 aromatic carbocycles. The maximum Gasteiger partial charge on any atom is 0.409 e. The second-order valence-corrected chi connectivity index (χ2v) is 3.42. The van der Waals surface area contributed by atoms with Crippen LogP contribution in [0.4, 0.5) is 0 Å². The van der Waals surface area contributed by atoms with E-state index in [0.717, 1.165) is 0 Å². The average molecular weight is 162 g/mol. The molecule has 0 atom stereocenters. The summed E-state index contributed by atoms with van der Waals surface area (Å²) in [4.78, 5) is 0. The van der Waals surface area contributed by atoms with Crippen molar-refractivity contribution in [1.82, 2.24) is 0 Å². The lowest BCUT2D eigenvalue weighted by atomic mass is 14.9. The molecule has 6 nitrogen and oxygen atoms in total. The van der Waals surface area contributed by atoms with Crippen LogP contribution in [0.25, 0.3) is 0 Å². The summed E-state index contributed by atoms with van der Waals surface area (Å²) in [6, 6.07) is 0. The van der Waals surface area contributed by atoms with Gasteiger partial charge in [0, 0.05) is 0 Å². The van der Waals surface area contributed by atoms with E-state index in [1.165, 1.54) is 0 Å². The zero-order chi connectivity index (χ0) is 6.62. The van der Waals surface area contributed by atoms with Crippen LogP contribution in [0, 0.1) is 0 Å². The van der Waals surface area contributed by atoms with E-state index in [-0.39, 0.29) is 0 Å². The lowest BCUT2D eigenvalue weighted by Gasteiger charge is -2.05. The Morgan fingerprint density at radius 1 is 1.00 bits per heavy atom. The second-order valence-electron chi connectivity index (χ2n) is 0.692. The molecule has 0 saturated carbocycles. The fourth-order valence-corrected chi connectivity index (χ4v) is 0.134. The molecule has 8 heteroatoms. The smallest absolute Gasteiger partial charge is 0.243 e. The monoisotopic (exact) mass is 162 g/mol. The molecule has 0 saturated heterocycles. The molecule has 3 N–H and O–H groups in total. The van der Waals surface area contributed by atoms with Crippen molar-refractivity contribution >= 4 is 18.5 Å². The molecular weight excluding hydrogens is 159 g/mol. The predicted molar refractivity (Wildman–Crippen MR) is 25.4 cm³/mol. The van der Waals surface area contributed by atoms with Crippen LogP contribution in [0.3, 0.4) is 0 Å². The maximum atomic E-state index is 7.66. The van der Waals surface area contributed by atoms with E-state index >= 15 is 0 Å². The Balaban J connectivity index is 3.79. The van der Waals surface area contributed by atoms with E-state index in [0.29, 0.717) is 0 Å². The third-order valence-corrected chi connectivity index (χ3v) is 1.50. The standard InChI is InChI=1S/H3O6PS/c1-4-7(8,5-2)6-3/h1-3H. The highest BCUT2D eigenvalue weighted by Gasteiger charge is 2.19. The van der Waals surface area contributed by atoms with Crippen molar-refractivity contribution in [3.8, 4) is 0 Å². The normalized spacial score (nSPS) is 11.9. The van der Waals surface area contributed by atoms with E-state index in [9.17, 15) is 0 Å². The minimum absolute atomic E-state index is 3.22. The van der Waals surface area contributed by atoms with Crippen LogP contribution in [0.5, 0.6) is 0 Å². The summed E-state index contributed by atoms with van der Waals surface area (Å²) in [5.74, 6) is 0. The Morgan fingerprint density at radius 3 is 1.25 bits per heavy atom. The molecule has 8 heavy (non-hydrogen) atoms. The summed E-state index contributed by atoms with van der Waals surface area (Å²) in [5, 5.41) is 23.0. The van der Waals surface area contributed by atoms with Gasteiger partial charge in [-0.15, -0.1) is 14.0 Å². The van der Waals surface area contributed by atoms with Gasteiger partial charge in [0.25, 0.3) is 0 Å². The molecule has 0 heterocycles. The third-order valence-electron chi connectivity index (χ3n) is 0.300. The van der Waals surface area contributed by atoms with Crippen molar-refractivity contribution in [1.29, 1.82) is 0 Å². The fraction of sp³-hybridized carbons (Fsp3) is 0. The maximum absolute atomic E-state index is 7.66. The van der Waals surface area contributed by atoms with E-state index in [1.54, 1.807) is 0 Å². The zero-order valence-corrected chi connectivity index (χ0v) is 5.13. The highest BCUT2D eigenvalue weighted by molar-refractivity contribution is 8.07. The lowest BCUT2D eigenvalue weighted by Crippen LogP contribution is -1.89. The van der Waals surface area contributed by atoms with Crippen LogP contribution in [-0.2, 0) is 25.8 Å². The second kappa shape index (κ2) is 3.44. The summed E-state index contributed by atoms with van der Waals surface area (Å²) in [7, 11) is 0. The zero-order valence-electron chi connectivity index (χ0n) is 3.42. The molecule has 0 unspecified atom stereocenters. The van der Waals surface area contributed by atoms with Crippen LogP contribution in [-0.4, -0.2) is 15.8 Å². The van der Waals surface area contributed by atoms with Gasteiger partial charge < -0.3 is 0 Å². The summed E-state index contributed by atoms with van der Waals surface area (Å²) >= 11 is 4.00. The van der Waals surface area contributed by atoms with E-state index < -0.39 is 6.72 Å². The van der Waals surface area contributed by atoms with Crippen LogP contribution in [0.1, 0.15) is 0 Å². The Kier molecular flexibility index (Phi) is 3.61. The van der Waals surface area contributed by atoms with Gasteiger partial charge in [0.05, 0.1) is 0 Å². The van der Waals surface area contributed by atoms with Crippen molar-refractivity contribution in [3.63, 3.8) is 0 Å². The van der Waals surface area contributed by atoms with Crippen LogP contribution in [0.2, 0.25) is 0 Å². The quantitative estimate of drug-likeness (QED) is 0.319. The van der Waals surface area contributed by atoms with Gasteiger partial charge in [-0.2, -0.15) is 0 Å². The largest absolute Gasteiger partial charge is 0.409 e. The molecular formula is H3O6PS. The van der Waals surface area contributed by atoms with E-state index in [2.05, 4.69) is 25.8 Å². The molecule has 0 aromatic rings. The average Bonchev–Trinajstić information content (AvgIpc) is 1.87. The molecule has 0 aromatic heterocycles. The summed E-state index contributed by atoms with van der Waals surface area (Å²) < 4.78 is 9.65. The minimum atomic E-state index is -3.66. The van der Waals surface area contributed by atoms with Gasteiger partial charge in [-0.05, 0) is 11.8 Å². The highest BCUT2D eigenvalue weighted by Crippen LogP contribution is 2.46. The topological polar surface area (TPSA) is 88.4 Å². The van der Waals surface area contributed by atoms with E-state index in [1.807, 2.05) is 0 Å². The van der Waals surface area contributed by atoms with Gasteiger partial charge in [0.15, 0.2) is 0 Å². The van der Waals surface area contributed by atoms with Crippen molar-refractivity contribution in [2.75, 3.05) is 0 Å². The van der Waals surface area contributed by atoms with Crippen molar-refractivity contribution < 1.29 is 29.8 Å². The Hall–Kier alpha value is 0.410. The molecule has 0 rings (SSSR count). The van der Waals surface area contributed by atoms with Gasteiger partial charge in [0.2, 0.25) is 0 Å². The molecule has 0 amide bonds. The van der Waals surface area contributed by atoms with E-state index in [4.69, 9.17) is 15.8 Å². The fourth-order valence-electron chi connectivity index (χ4n) is 0.0447.